The van der Waals surface area contributed by atoms with Crippen molar-refractivity contribution in [2.75, 3.05) is 23.8 Å². The minimum atomic E-state index is 0.310. The van der Waals surface area contributed by atoms with Gasteiger partial charge in [-0.2, -0.15) is 4.98 Å². The Hall–Kier alpha value is -3.19. The van der Waals surface area contributed by atoms with Crippen LogP contribution in [0.25, 0.3) is 16.6 Å². The van der Waals surface area contributed by atoms with E-state index in [4.69, 9.17) is 10.5 Å². The van der Waals surface area contributed by atoms with Crippen LogP contribution in [0.1, 0.15) is 18.4 Å². The van der Waals surface area contributed by atoms with Crippen LogP contribution in [-0.4, -0.2) is 34.2 Å². The lowest BCUT2D eigenvalue weighted by atomic mass is 10.1. The zero-order chi connectivity index (χ0) is 18.6. The number of pyridine rings is 1. The summed E-state index contributed by atoms with van der Waals surface area (Å²) in [5.74, 6) is 1.19. The number of nitrogens with two attached hydrogens (primary N) is 1. The number of fused-ring (bicyclic) bond motifs is 1. The van der Waals surface area contributed by atoms with Crippen molar-refractivity contribution in [2.45, 2.75) is 18.9 Å². The number of benzene rings is 1. The van der Waals surface area contributed by atoms with Gasteiger partial charge >= 0.3 is 0 Å². The molecule has 3 aromatic rings. The van der Waals surface area contributed by atoms with Crippen molar-refractivity contribution >= 4 is 34.1 Å². The molecule has 0 amide bonds. The third-order valence-corrected chi connectivity index (χ3v) is 4.55. The summed E-state index contributed by atoms with van der Waals surface area (Å²) in [6.45, 7) is 5.34. The molecule has 1 aliphatic heterocycles. The molecule has 1 saturated heterocycles. The van der Waals surface area contributed by atoms with E-state index < -0.39 is 0 Å². The topological polar surface area (TPSA) is 98.0 Å². The largest absolute Gasteiger partial charge is 0.399 e. The van der Waals surface area contributed by atoms with Gasteiger partial charge in [-0.3, -0.25) is 4.98 Å². The summed E-state index contributed by atoms with van der Waals surface area (Å²) < 4.78 is 5.40. The molecular weight excluding hydrogens is 340 g/mol. The second kappa shape index (κ2) is 7.59. The zero-order valence-electron chi connectivity index (χ0n) is 15.0. The predicted octanol–water partition coefficient (Wildman–Crippen LogP) is 3.29. The average molecular weight is 362 g/mol. The molecule has 7 nitrogen and oxygen atoms in total. The Balaban J connectivity index is 1.61. The molecule has 0 radical (unpaired) electrons. The normalized spacial score (nSPS) is 14.8. The van der Waals surface area contributed by atoms with E-state index in [1.165, 1.54) is 0 Å². The molecule has 0 saturated carbocycles. The molecule has 0 aliphatic carbocycles. The highest BCUT2D eigenvalue weighted by atomic mass is 16.5. The van der Waals surface area contributed by atoms with Gasteiger partial charge in [0.25, 0.3) is 0 Å². The highest BCUT2D eigenvalue weighted by molar-refractivity contribution is 5.84. The van der Waals surface area contributed by atoms with Crippen molar-refractivity contribution in [1.29, 1.82) is 0 Å². The highest BCUT2D eigenvalue weighted by Crippen LogP contribution is 2.25. The summed E-state index contributed by atoms with van der Waals surface area (Å²) in [4.78, 5) is 13.4. The zero-order valence-corrected chi connectivity index (χ0v) is 15.0. The molecule has 7 heteroatoms. The second-order valence-electron chi connectivity index (χ2n) is 6.55. The number of anilines is 3. The first kappa shape index (κ1) is 17.2. The van der Waals surface area contributed by atoms with Crippen LogP contribution in [-0.2, 0) is 4.74 Å². The Morgan fingerprint density at radius 2 is 2.04 bits per heavy atom. The van der Waals surface area contributed by atoms with Crippen LogP contribution >= 0.6 is 0 Å². The maximum atomic E-state index is 5.93. The van der Waals surface area contributed by atoms with Gasteiger partial charge in [0.2, 0.25) is 5.95 Å². The fourth-order valence-electron chi connectivity index (χ4n) is 3.10. The third-order valence-electron chi connectivity index (χ3n) is 4.55. The maximum absolute atomic E-state index is 5.93. The Morgan fingerprint density at radius 3 is 2.85 bits per heavy atom. The van der Waals surface area contributed by atoms with Crippen molar-refractivity contribution in [3.05, 3.63) is 54.9 Å². The van der Waals surface area contributed by atoms with Gasteiger partial charge in [-0.1, -0.05) is 12.6 Å². The monoisotopic (exact) mass is 362 g/mol. The third kappa shape index (κ3) is 3.98. The van der Waals surface area contributed by atoms with Gasteiger partial charge in [0.15, 0.2) is 0 Å². The molecule has 138 valence electrons. The van der Waals surface area contributed by atoms with Gasteiger partial charge in [-0.25, -0.2) is 4.98 Å². The molecule has 27 heavy (non-hydrogen) atoms. The first-order valence-corrected chi connectivity index (χ1v) is 8.97. The number of ether oxygens (including phenoxy) is 1. The van der Waals surface area contributed by atoms with Gasteiger partial charge in [0.05, 0.1) is 11.1 Å². The van der Waals surface area contributed by atoms with Crippen LogP contribution in [0.5, 0.6) is 0 Å². The van der Waals surface area contributed by atoms with Crippen molar-refractivity contribution in [3.8, 4) is 0 Å². The fraction of sp³-hybridized carbons (Fsp3) is 0.250. The smallest absolute Gasteiger partial charge is 0.224 e. The molecular formula is C20H22N6O. The van der Waals surface area contributed by atoms with Crippen LogP contribution < -0.4 is 16.4 Å². The van der Waals surface area contributed by atoms with Crippen molar-refractivity contribution in [2.24, 2.45) is 5.73 Å². The molecule has 0 bridgehead atoms. The summed E-state index contributed by atoms with van der Waals surface area (Å²) in [5.41, 5.74) is 8.86. The van der Waals surface area contributed by atoms with Crippen molar-refractivity contribution in [1.82, 2.24) is 15.0 Å². The first-order valence-electron chi connectivity index (χ1n) is 8.97. The molecule has 0 spiro atoms. The molecule has 4 N–H and O–H groups in total. The molecule has 1 aromatic carbocycles. The first-order chi connectivity index (χ1) is 13.2. The summed E-state index contributed by atoms with van der Waals surface area (Å²) >= 11 is 0. The lowest BCUT2D eigenvalue weighted by Gasteiger charge is -2.23. The van der Waals surface area contributed by atoms with Crippen LogP contribution in [0, 0.1) is 0 Å². The minimum Gasteiger partial charge on any atom is -0.399 e. The lowest BCUT2D eigenvalue weighted by molar-refractivity contribution is 0.0903. The van der Waals surface area contributed by atoms with Gasteiger partial charge < -0.3 is 21.1 Å². The van der Waals surface area contributed by atoms with E-state index >= 15 is 0 Å². The molecule has 2 aromatic heterocycles. The van der Waals surface area contributed by atoms with E-state index in [1.54, 1.807) is 12.4 Å². The van der Waals surface area contributed by atoms with E-state index in [-0.39, 0.29) is 0 Å². The van der Waals surface area contributed by atoms with E-state index in [9.17, 15) is 0 Å². The van der Waals surface area contributed by atoms with E-state index in [0.717, 1.165) is 42.6 Å². The van der Waals surface area contributed by atoms with Gasteiger partial charge in [0, 0.05) is 48.4 Å². The standard InChI is InChI=1S/C20H22N6O/c1-13(21)17-12-23-20(25-15-6-9-27-10-7-15)26-19(17)24-16-4-5-18-14(11-16)3-2-8-22-18/h2-5,8,11-12,15H,1,6-7,9-10,21H2,(H2,23,24,25,26). The molecule has 0 atom stereocenters. The molecule has 1 aliphatic rings. The quantitative estimate of drug-likeness (QED) is 0.640. The number of hydrogen-bond acceptors (Lipinski definition) is 7. The Morgan fingerprint density at radius 1 is 1.19 bits per heavy atom. The average Bonchev–Trinajstić information content (AvgIpc) is 2.69. The van der Waals surface area contributed by atoms with Crippen LogP contribution in [0.3, 0.4) is 0 Å². The van der Waals surface area contributed by atoms with Crippen LogP contribution in [0.2, 0.25) is 0 Å². The van der Waals surface area contributed by atoms with Crippen molar-refractivity contribution < 1.29 is 4.74 Å². The number of rotatable bonds is 5. The van der Waals surface area contributed by atoms with Crippen LogP contribution in [0.4, 0.5) is 17.5 Å². The second-order valence-corrected chi connectivity index (χ2v) is 6.55. The van der Waals surface area contributed by atoms with Gasteiger partial charge in [0.1, 0.15) is 5.82 Å². The Kier molecular flexibility index (Phi) is 4.84. The maximum Gasteiger partial charge on any atom is 0.224 e. The van der Waals surface area contributed by atoms with E-state index in [1.807, 2.05) is 30.3 Å². The summed E-state index contributed by atoms with van der Waals surface area (Å²) in [6, 6.07) is 10.2. The predicted molar refractivity (Wildman–Crippen MR) is 108 cm³/mol. The number of nitrogens with zero attached hydrogens (tertiary/aromatic N) is 3. The molecule has 4 rings (SSSR count). The summed E-state index contributed by atoms with van der Waals surface area (Å²) in [6.07, 6.45) is 5.36. The Bertz CT molecular complexity index is 968. The lowest BCUT2D eigenvalue weighted by Crippen LogP contribution is -2.28. The van der Waals surface area contributed by atoms with Gasteiger partial charge in [-0.15, -0.1) is 0 Å². The number of hydrogen-bond donors (Lipinski definition) is 3. The SMILES string of the molecule is C=C(N)c1cnc(NC2CCOCC2)nc1Nc1ccc2ncccc2c1. The van der Waals surface area contributed by atoms with E-state index in [0.29, 0.717) is 29.1 Å². The van der Waals surface area contributed by atoms with E-state index in [2.05, 4.69) is 32.2 Å². The highest BCUT2D eigenvalue weighted by Gasteiger charge is 2.16. The summed E-state index contributed by atoms with van der Waals surface area (Å²) in [7, 11) is 0. The molecule has 0 unspecified atom stereocenters. The Labute approximate surface area is 157 Å². The van der Waals surface area contributed by atoms with Crippen LogP contribution in [0.15, 0.2) is 49.3 Å². The van der Waals surface area contributed by atoms with Gasteiger partial charge in [-0.05, 0) is 37.1 Å². The number of nitrogens with one attached hydrogen (secondary N) is 2. The summed E-state index contributed by atoms with van der Waals surface area (Å²) in [5, 5.41) is 7.77. The van der Waals surface area contributed by atoms with Crippen molar-refractivity contribution in [3.63, 3.8) is 0 Å². The molecule has 1 fully saturated rings. The minimum absolute atomic E-state index is 0.310. The number of aromatic nitrogens is 3. The molecule has 3 heterocycles. The fourth-order valence-corrected chi connectivity index (χ4v) is 3.10.